The third-order valence-corrected chi connectivity index (χ3v) is 5.65. The lowest BCUT2D eigenvalue weighted by Gasteiger charge is -2.22. The van der Waals surface area contributed by atoms with E-state index in [0.717, 1.165) is 25.7 Å². The van der Waals surface area contributed by atoms with E-state index in [0.29, 0.717) is 30.2 Å². The molecular weight excluding hydrogens is 436 g/mol. The Bertz CT molecular complexity index is 1030. The lowest BCUT2D eigenvalue weighted by Crippen LogP contribution is -2.34. The van der Waals surface area contributed by atoms with Gasteiger partial charge < -0.3 is 20.3 Å². The maximum Gasteiger partial charge on any atom is 0.303 e. The van der Waals surface area contributed by atoms with Crippen molar-refractivity contribution < 1.29 is 29.3 Å². The summed E-state index contributed by atoms with van der Waals surface area (Å²) < 4.78 is 5.70. The summed E-state index contributed by atoms with van der Waals surface area (Å²) in [6, 6.07) is 15.1. The van der Waals surface area contributed by atoms with Crippen LogP contribution in [0.1, 0.15) is 45.4 Å². The Hall–Kier alpha value is -3.81. The third kappa shape index (κ3) is 6.37. The molecule has 2 aromatic rings. The molecule has 1 aliphatic rings. The number of unbranched alkanes of at least 4 members (excludes halogenated alkanes) is 4. The SMILES string of the molecule is CC1C(O)=C(C(=O)Nc2ccc(OCCCCCCCC(=O)O)cc2)C(=O)N1c1ccccc1. The number of aliphatic hydroxyl groups is 1. The molecule has 3 rings (SSSR count). The number of hydrogen-bond acceptors (Lipinski definition) is 5. The average Bonchev–Trinajstić information content (AvgIpc) is 3.05. The fourth-order valence-electron chi connectivity index (χ4n) is 3.81. The van der Waals surface area contributed by atoms with Crippen LogP contribution in [0.4, 0.5) is 11.4 Å². The first-order chi connectivity index (χ1) is 16.4. The topological polar surface area (TPSA) is 116 Å². The van der Waals surface area contributed by atoms with Crippen LogP contribution >= 0.6 is 0 Å². The van der Waals surface area contributed by atoms with Gasteiger partial charge in [-0.3, -0.25) is 19.3 Å². The molecule has 34 heavy (non-hydrogen) atoms. The van der Waals surface area contributed by atoms with Gasteiger partial charge in [-0.25, -0.2) is 0 Å². The van der Waals surface area contributed by atoms with Crippen LogP contribution in [-0.2, 0) is 14.4 Å². The average molecular weight is 467 g/mol. The van der Waals surface area contributed by atoms with E-state index in [4.69, 9.17) is 9.84 Å². The number of para-hydroxylation sites is 1. The van der Waals surface area contributed by atoms with Gasteiger partial charge in [-0.05, 0) is 56.2 Å². The molecule has 2 aromatic carbocycles. The highest BCUT2D eigenvalue weighted by molar-refractivity contribution is 6.29. The van der Waals surface area contributed by atoms with Crippen molar-refractivity contribution >= 4 is 29.2 Å². The normalized spacial score (nSPS) is 15.5. The molecule has 3 N–H and O–H groups in total. The van der Waals surface area contributed by atoms with E-state index >= 15 is 0 Å². The third-order valence-electron chi connectivity index (χ3n) is 5.65. The number of nitrogens with one attached hydrogen (secondary N) is 1. The molecule has 0 fully saturated rings. The van der Waals surface area contributed by atoms with Crippen LogP contribution in [-0.4, -0.2) is 40.6 Å². The Labute approximate surface area is 198 Å². The van der Waals surface area contributed by atoms with Gasteiger partial charge in [0.2, 0.25) is 0 Å². The van der Waals surface area contributed by atoms with E-state index < -0.39 is 23.8 Å². The molecule has 1 atom stereocenters. The minimum atomic E-state index is -0.755. The summed E-state index contributed by atoms with van der Waals surface area (Å²) in [5.41, 5.74) is 0.825. The quantitative estimate of drug-likeness (QED) is 0.309. The predicted molar refractivity (Wildman–Crippen MR) is 129 cm³/mol. The van der Waals surface area contributed by atoms with Crippen molar-refractivity contribution in [1.82, 2.24) is 0 Å². The van der Waals surface area contributed by atoms with Gasteiger partial charge >= 0.3 is 5.97 Å². The summed E-state index contributed by atoms with van der Waals surface area (Å²) >= 11 is 0. The van der Waals surface area contributed by atoms with Crippen molar-refractivity contribution in [3.8, 4) is 5.75 Å². The van der Waals surface area contributed by atoms with E-state index in [1.807, 2.05) is 6.07 Å². The van der Waals surface area contributed by atoms with E-state index in [1.54, 1.807) is 55.5 Å². The Morgan fingerprint density at radius 3 is 2.29 bits per heavy atom. The zero-order valence-corrected chi connectivity index (χ0v) is 19.2. The number of nitrogens with zero attached hydrogens (tertiary/aromatic N) is 1. The second-order valence-corrected chi connectivity index (χ2v) is 8.19. The summed E-state index contributed by atoms with van der Waals surface area (Å²) in [6.45, 7) is 2.22. The van der Waals surface area contributed by atoms with Gasteiger partial charge in [-0.15, -0.1) is 0 Å². The van der Waals surface area contributed by atoms with E-state index in [1.165, 1.54) is 4.90 Å². The van der Waals surface area contributed by atoms with Gasteiger partial charge in [0.1, 0.15) is 17.1 Å². The van der Waals surface area contributed by atoms with Crippen molar-refractivity contribution in [2.45, 2.75) is 51.5 Å². The van der Waals surface area contributed by atoms with Gasteiger partial charge in [0.15, 0.2) is 0 Å². The number of anilines is 2. The van der Waals surface area contributed by atoms with Crippen molar-refractivity contribution in [3.05, 3.63) is 65.9 Å². The second-order valence-electron chi connectivity index (χ2n) is 8.19. The molecule has 0 bridgehead atoms. The summed E-state index contributed by atoms with van der Waals surface area (Å²) in [7, 11) is 0. The summed E-state index contributed by atoms with van der Waals surface area (Å²) in [6.07, 6.45) is 4.64. The van der Waals surface area contributed by atoms with Crippen molar-refractivity contribution in [1.29, 1.82) is 0 Å². The molecular formula is C26H30N2O6. The second kappa shape index (κ2) is 11.9. The molecule has 0 aliphatic carbocycles. The maximum absolute atomic E-state index is 12.9. The molecule has 1 aliphatic heterocycles. The number of carboxylic acids is 1. The van der Waals surface area contributed by atoms with Crippen LogP contribution in [0.5, 0.6) is 5.75 Å². The number of amides is 2. The number of carboxylic acid groups (broad SMARTS) is 1. The fraction of sp³-hybridized carbons (Fsp3) is 0.346. The largest absolute Gasteiger partial charge is 0.509 e. The molecule has 0 saturated heterocycles. The molecule has 1 unspecified atom stereocenters. The summed E-state index contributed by atoms with van der Waals surface area (Å²) in [5.74, 6) is -1.56. The number of hydrogen-bond donors (Lipinski definition) is 3. The monoisotopic (exact) mass is 466 g/mol. The molecule has 0 saturated carbocycles. The lowest BCUT2D eigenvalue weighted by molar-refractivity contribution is -0.137. The van der Waals surface area contributed by atoms with Gasteiger partial charge in [-0.2, -0.15) is 0 Å². The Kier molecular flexibility index (Phi) is 8.67. The highest BCUT2D eigenvalue weighted by Crippen LogP contribution is 2.30. The van der Waals surface area contributed by atoms with Crippen LogP contribution in [0.2, 0.25) is 0 Å². The van der Waals surface area contributed by atoms with Gasteiger partial charge in [-0.1, -0.05) is 37.5 Å². The Morgan fingerprint density at radius 1 is 0.971 bits per heavy atom. The van der Waals surface area contributed by atoms with Crippen LogP contribution in [0.15, 0.2) is 65.9 Å². The van der Waals surface area contributed by atoms with E-state index in [-0.39, 0.29) is 17.8 Å². The van der Waals surface area contributed by atoms with Crippen LogP contribution in [0.3, 0.4) is 0 Å². The van der Waals surface area contributed by atoms with Gasteiger partial charge in [0.25, 0.3) is 11.8 Å². The number of rotatable bonds is 12. The number of ether oxygens (including phenoxy) is 1. The zero-order chi connectivity index (χ0) is 24.5. The molecule has 1 heterocycles. The fourth-order valence-corrected chi connectivity index (χ4v) is 3.81. The first kappa shape index (κ1) is 24.8. The minimum absolute atomic E-state index is 0.217. The van der Waals surface area contributed by atoms with Gasteiger partial charge in [0.05, 0.1) is 12.6 Å². The van der Waals surface area contributed by atoms with Crippen molar-refractivity contribution in [3.63, 3.8) is 0 Å². The first-order valence-electron chi connectivity index (χ1n) is 11.5. The highest BCUT2D eigenvalue weighted by atomic mass is 16.5. The van der Waals surface area contributed by atoms with Crippen molar-refractivity contribution in [2.24, 2.45) is 0 Å². The Morgan fingerprint density at radius 2 is 1.62 bits per heavy atom. The number of benzene rings is 2. The molecule has 0 radical (unpaired) electrons. The number of aliphatic carboxylic acids is 1. The zero-order valence-electron chi connectivity index (χ0n) is 19.2. The maximum atomic E-state index is 12.9. The van der Waals surface area contributed by atoms with Crippen LogP contribution in [0, 0.1) is 0 Å². The van der Waals surface area contributed by atoms with Crippen LogP contribution < -0.4 is 15.0 Å². The molecule has 2 amide bonds. The van der Waals surface area contributed by atoms with E-state index in [9.17, 15) is 19.5 Å². The molecule has 8 nitrogen and oxygen atoms in total. The number of aliphatic hydroxyl groups excluding tert-OH is 1. The van der Waals surface area contributed by atoms with E-state index in [2.05, 4.69) is 5.32 Å². The van der Waals surface area contributed by atoms with Crippen LogP contribution in [0.25, 0.3) is 0 Å². The summed E-state index contributed by atoms with van der Waals surface area (Å²) in [4.78, 5) is 37.5. The number of carbonyl (C=O) groups is 3. The standard InChI is InChI=1S/C26H30N2O6/c1-18-24(31)23(26(33)28(18)20-10-6-5-7-11-20)25(32)27-19-13-15-21(16-14-19)34-17-9-4-2-3-8-12-22(29)30/h5-7,10-11,13-16,18,31H,2-4,8-9,12,17H2,1H3,(H,27,32)(H,29,30). The highest BCUT2D eigenvalue weighted by Gasteiger charge is 2.41. The summed E-state index contributed by atoms with van der Waals surface area (Å²) in [5, 5.41) is 21.8. The molecule has 0 aromatic heterocycles. The minimum Gasteiger partial charge on any atom is -0.509 e. The Balaban J connectivity index is 1.47. The molecule has 0 spiro atoms. The lowest BCUT2D eigenvalue weighted by atomic mass is 10.1. The first-order valence-corrected chi connectivity index (χ1v) is 11.5. The van der Waals surface area contributed by atoms with Gasteiger partial charge in [0, 0.05) is 17.8 Å². The molecule has 8 heteroatoms. The number of carbonyl (C=O) groups excluding carboxylic acids is 2. The predicted octanol–water partition coefficient (Wildman–Crippen LogP) is 4.68. The smallest absolute Gasteiger partial charge is 0.303 e. The molecule has 180 valence electrons. The van der Waals surface area contributed by atoms with Crippen molar-refractivity contribution in [2.75, 3.05) is 16.8 Å².